The van der Waals surface area contributed by atoms with E-state index in [0.717, 1.165) is 31.3 Å². The van der Waals surface area contributed by atoms with Gasteiger partial charge >= 0.3 is 0 Å². The molecule has 0 aromatic carbocycles. The topological polar surface area (TPSA) is 17.1 Å². The van der Waals surface area contributed by atoms with Gasteiger partial charge in [-0.1, -0.05) is 54.9 Å². The van der Waals surface area contributed by atoms with Crippen molar-refractivity contribution in [2.24, 2.45) is 5.92 Å². The molecule has 116 valence electrons. The van der Waals surface area contributed by atoms with E-state index in [2.05, 4.69) is 52.8 Å². The highest BCUT2D eigenvalue weighted by atomic mass is 16.1. The SMILES string of the molecule is C/C1=C/C=C(/C(C)C)C(=O)C/C(C)=C\CC/C(C)=C\CC1. The molecule has 1 rings (SSSR count). The van der Waals surface area contributed by atoms with Crippen LogP contribution in [-0.2, 0) is 4.79 Å². The number of ketones is 1. The highest BCUT2D eigenvalue weighted by Gasteiger charge is 2.13. The second-order valence-electron chi connectivity index (χ2n) is 6.57. The molecule has 1 aliphatic carbocycles. The third kappa shape index (κ3) is 6.75. The van der Waals surface area contributed by atoms with Crippen LogP contribution < -0.4 is 0 Å². The minimum absolute atomic E-state index is 0.270. The summed E-state index contributed by atoms with van der Waals surface area (Å²) in [5.74, 6) is 0.552. The van der Waals surface area contributed by atoms with Gasteiger partial charge in [-0.3, -0.25) is 4.79 Å². The molecule has 0 N–H and O–H groups in total. The molecule has 0 radical (unpaired) electrons. The van der Waals surface area contributed by atoms with Gasteiger partial charge in [-0.05, 0) is 57.9 Å². The third-order valence-electron chi connectivity index (χ3n) is 3.99. The molecule has 0 spiro atoms. The van der Waals surface area contributed by atoms with Crippen molar-refractivity contribution in [3.05, 3.63) is 46.6 Å². The number of hydrogen-bond acceptors (Lipinski definition) is 1. The lowest BCUT2D eigenvalue weighted by molar-refractivity contribution is -0.115. The van der Waals surface area contributed by atoms with Gasteiger partial charge in [0.25, 0.3) is 0 Å². The van der Waals surface area contributed by atoms with Gasteiger partial charge in [-0.2, -0.15) is 0 Å². The van der Waals surface area contributed by atoms with Gasteiger partial charge in [-0.25, -0.2) is 0 Å². The van der Waals surface area contributed by atoms with Crippen LogP contribution in [0, 0.1) is 5.92 Å². The Bertz CT molecular complexity index is 484. The Hall–Kier alpha value is -1.37. The molecule has 0 aliphatic heterocycles. The van der Waals surface area contributed by atoms with Gasteiger partial charge in [0.05, 0.1) is 0 Å². The molecule has 0 saturated carbocycles. The number of allylic oxidation sites excluding steroid dienone is 8. The van der Waals surface area contributed by atoms with Crippen molar-refractivity contribution in [3.8, 4) is 0 Å². The Morgan fingerprint density at radius 1 is 0.857 bits per heavy atom. The average Bonchev–Trinajstić information content (AvgIpc) is 2.37. The van der Waals surface area contributed by atoms with Crippen molar-refractivity contribution in [2.45, 2.75) is 66.7 Å². The van der Waals surface area contributed by atoms with E-state index < -0.39 is 0 Å². The van der Waals surface area contributed by atoms with Crippen LogP contribution in [0.1, 0.15) is 66.7 Å². The fourth-order valence-electron chi connectivity index (χ4n) is 2.54. The second-order valence-corrected chi connectivity index (χ2v) is 6.57. The number of hydrogen-bond donors (Lipinski definition) is 0. The lowest BCUT2D eigenvalue weighted by Gasteiger charge is -2.11. The number of carbonyl (C=O) groups excluding carboxylic acids is 1. The molecule has 1 nitrogen and oxygen atoms in total. The summed E-state index contributed by atoms with van der Waals surface area (Å²) in [7, 11) is 0. The van der Waals surface area contributed by atoms with Crippen molar-refractivity contribution < 1.29 is 4.79 Å². The van der Waals surface area contributed by atoms with E-state index in [1.54, 1.807) is 0 Å². The minimum Gasteiger partial charge on any atom is -0.294 e. The Balaban J connectivity index is 3.03. The van der Waals surface area contributed by atoms with E-state index in [-0.39, 0.29) is 11.7 Å². The van der Waals surface area contributed by atoms with Gasteiger partial charge in [-0.15, -0.1) is 0 Å². The van der Waals surface area contributed by atoms with E-state index in [1.807, 2.05) is 6.08 Å². The first-order valence-corrected chi connectivity index (χ1v) is 8.12. The Morgan fingerprint density at radius 3 is 2.05 bits per heavy atom. The zero-order chi connectivity index (χ0) is 15.8. The van der Waals surface area contributed by atoms with Gasteiger partial charge in [0.2, 0.25) is 0 Å². The van der Waals surface area contributed by atoms with E-state index >= 15 is 0 Å². The number of Topliss-reactive ketones (excluding diaryl/α,β-unsaturated/α-hetero) is 1. The summed E-state index contributed by atoms with van der Waals surface area (Å²) >= 11 is 0. The van der Waals surface area contributed by atoms with Crippen LogP contribution >= 0.6 is 0 Å². The quantitative estimate of drug-likeness (QED) is 0.545. The molecule has 0 amide bonds. The zero-order valence-electron chi connectivity index (χ0n) is 14.3. The molecule has 0 aromatic heterocycles. The van der Waals surface area contributed by atoms with Gasteiger partial charge < -0.3 is 0 Å². The fourth-order valence-corrected chi connectivity index (χ4v) is 2.54. The van der Waals surface area contributed by atoms with E-state index in [0.29, 0.717) is 6.42 Å². The Kier molecular flexibility index (Phi) is 7.42. The first-order chi connectivity index (χ1) is 9.90. The normalized spacial score (nSPS) is 29.3. The Morgan fingerprint density at radius 2 is 1.43 bits per heavy atom. The summed E-state index contributed by atoms with van der Waals surface area (Å²) < 4.78 is 0. The first-order valence-electron chi connectivity index (χ1n) is 8.12. The highest BCUT2D eigenvalue weighted by molar-refractivity contribution is 5.97. The molecule has 0 unspecified atom stereocenters. The number of rotatable bonds is 1. The van der Waals surface area contributed by atoms with Crippen LogP contribution in [0.2, 0.25) is 0 Å². The Labute approximate surface area is 130 Å². The molecule has 0 heterocycles. The maximum Gasteiger partial charge on any atom is 0.163 e. The van der Waals surface area contributed by atoms with E-state index in [9.17, 15) is 4.79 Å². The standard InChI is InChI=1S/C20H30O/c1-15(2)19-13-12-17(4)10-6-8-16(3)9-7-11-18(5)14-20(19)21/h8,11-13,15H,6-7,9-10,14H2,1-5H3/b16-8-,17-12-,18-11-,19-13-. The van der Waals surface area contributed by atoms with Crippen molar-refractivity contribution >= 4 is 5.78 Å². The van der Waals surface area contributed by atoms with Crippen molar-refractivity contribution in [3.63, 3.8) is 0 Å². The van der Waals surface area contributed by atoms with Crippen LogP contribution in [-0.4, -0.2) is 5.78 Å². The molecular formula is C20H30O. The molecular weight excluding hydrogens is 256 g/mol. The van der Waals surface area contributed by atoms with Crippen LogP contribution in [0.5, 0.6) is 0 Å². The monoisotopic (exact) mass is 286 g/mol. The van der Waals surface area contributed by atoms with Crippen molar-refractivity contribution in [2.75, 3.05) is 0 Å². The maximum absolute atomic E-state index is 12.5. The summed E-state index contributed by atoms with van der Waals surface area (Å²) in [5, 5.41) is 0. The predicted molar refractivity (Wildman–Crippen MR) is 92.3 cm³/mol. The first kappa shape index (κ1) is 17.7. The lowest BCUT2D eigenvalue weighted by atomic mass is 9.93. The molecule has 0 fully saturated rings. The summed E-state index contributed by atoms with van der Waals surface area (Å²) in [4.78, 5) is 12.5. The van der Waals surface area contributed by atoms with Crippen LogP contribution in [0.25, 0.3) is 0 Å². The highest BCUT2D eigenvalue weighted by Crippen LogP contribution is 2.19. The minimum atomic E-state index is 0.270. The summed E-state index contributed by atoms with van der Waals surface area (Å²) in [6.45, 7) is 10.6. The van der Waals surface area contributed by atoms with E-state index in [1.165, 1.54) is 16.7 Å². The molecule has 21 heavy (non-hydrogen) atoms. The van der Waals surface area contributed by atoms with Crippen molar-refractivity contribution in [1.82, 2.24) is 0 Å². The maximum atomic E-state index is 12.5. The van der Waals surface area contributed by atoms with Gasteiger partial charge in [0.1, 0.15) is 0 Å². The second kappa shape index (κ2) is 8.81. The van der Waals surface area contributed by atoms with Gasteiger partial charge in [0, 0.05) is 6.42 Å². The third-order valence-corrected chi connectivity index (χ3v) is 3.99. The number of carbonyl (C=O) groups is 1. The smallest absolute Gasteiger partial charge is 0.163 e. The molecule has 0 aromatic rings. The molecule has 0 atom stereocenters. The van der Waals surface area contributed by atoms with Crippen LogP contribution in [0.4, 0.5) is 0 Å². The molecule has 0 bridgehead atoms. The lowest BCUT2D eigenvalue weighted by Crippen LogP contribution is -2.08. The molecule has 1 heteroatoms. The predicted octanol–water partition coefficient (Wildman–Crippen LogP) is 5.94. The van der Waals surface area contributed by atoms with E-state index in [4.69, 9.17) is 0 Å². The summed E-state index contributed by atoms with van der Waals surface area (Å²) in [6.07, 6.45) is 13.6. The summed E-state index contributed by atoms with van der Waals surface area (Å²) in [5.41, 5.74) is 4.94. The van der Waals surface area contributed by atoms with Gasteiger partial charge in [0.15, 0.2) is 5.78 Å². The zero-order valence-corrected chi connectivity index (χ0v) is 14.3. The van der Waals surface area contributed by atoms with Crippen molar-refractivity contribution in [1.29, 1.82) is 0 Å². The van der Waals surface area contributed by atoms with Crippen LogP contribution in [0.3, 0.4) is 0 Å². The average molecular weight is 286 g/mol. The molecule has 0 saturated heterocycles. The molecule has 1 aliphatic rings. The summed E-state index contributed by atoms with van der Waals surface area (Å²) in [6, 6.07) is 0. The fraction of sp³-hybridized carbons (Fsp3) is 0.550. The largest absolute Gasteiger partial charge is 0.294 e. The van der Waals surface area contributed by atoms with Crippen LogP contribution in [0.15, 0.2) is 46.6 Å².